The lowest BCUT2D eigenvalue weighted by atomic mass is 10.0. The van der Waals surface area contributed by atoms with Gasteiger partial charge in [0, 0.05) is 10.9 Å². The van der Waals surface area contributed by atoms with E-state index in [1.807, 2.05) is 0 Å². The Bertz CT molecular complexity index is 445. The van der Waals surface area contributed by atoms with Gasteiger partial charge in [0.15, 0.2) is 5.13 Å². The van der Waals surface area contributed by atoms with Crippen LogP contribution in [0.1, 0.15) is 43.4 Å². The number of nitrogens with zero attached hydrogens (tertiary/aromatic N) is 2. The summed E-state index contributed by atoms with van der Waals surface area (Å²) in [6.07, 6.45) is -2.60. The third kappa shape index (κ3) is 3.39. The molecule has 1 heterocycles. The van der Waals surface area contributed by atoms with Gasteiger partial charge < -0.3 is 10.0 Å². The molecule has 7 heteroatoms. The number of aliphatic hydroxyl groups excluding tert-OH is 1. The van der Waals surface area contributed by atoms with Gasteiger partial charge >= 0.3 is 6.18 Å². The number of alkyl halides is 3. The molecule has 0 spiro atoms. The first-order chi connectivity index (χ1) is 8.78. The molecule has 0 aromatic carbocycles. The fraction of sp³-hybridized carbons (Fsp3) is 0.750. The van der Waals surface area contributed by atoms with Crippen molar-refractivity contribution in [2.24, 2.45) is 0 Å². The molecule has 0 amide bonds. The van der Waals surface area contributed by atoms with E-state index in [0.29, 0.717) is 17.2 Å². The third-order valence-corrected chi connectivity index (χ3v) is 4.30. The second kappa shape index (κ2) is 5.28. The minimum atomic E-state index is -4.25. The summed E-state index contributed by atoms with van der Waals surface area (Å²) in [5, 5.41) is 10.2. The van der Waals surface area contributed by atoms with Crippen molar-refractivity contribution >= 4 is 16.5 Å². The van der Waals surface area contributed by atoms with E-state index in [2.05, 4.69) is 4.98 Å². The van der Waals surface area contributed by atoms with Gasteiger partial charge in [0.05, 0.1) is 11.8 Å². The van der Waals surface area contributed by atoms with Crippen molar-refractivity contribution in [3.05, 3.63) is 10.6 Å². The molecule has 2 rings (SSSR count). The van der Waals surface area contributed by atoms with E-state index in [1.165, 1.54) is 16.2 Å². The van der Waals surface area contributed by atoms with Gasteiger partial charge in [0.1, 0.15) is 6.54 Å². The zero-order valence-corrected chi connectivity index (χ0v) is 11.7. The van der Waals surface area contributed by atoms with Crippen LogP contribution in [0.4, 0.5) is 18.3 Å². The normalized spacial score (nSPS) is 19.6. The van der Waals surface area contributed by atoms with Crippen molar-refractivity contribution < 1.29 is 18.3 Å². The SMILES string of the molecule is CC(C)N(CC(F)(F)F)c1nc2c(s1)CCCC2O. The summed E-state index contributed by atoms with van der Waals surface area (Å²) in [6, 6.07) is -0.286. The number of rotatable bonds is 3. The van der Waals surface area contributed by atoms with Gasteiger partial charge in [0.25, 0.3) is 0 Å². The highest BCUT2D eigenvalue weighted by atomic mass is 32.1. The predicted molar refractivity (Wildman–Crippen MR) is 68.5 cm³/mol. The van der Waals surface area contributed by atoms with E-state index in [9.17, 15) is 18.3 Å². The summed E-state index contributed by atoms with van der Waals surface area (Å²) in [5.74, 6) is 0. The van der Waals surface area contributed by atoms with Crippen LogP contribution in [0.2, 0.25) is 0 Å². The maximum atomic E-state index is 12.6. The van der Waals surface area contributed by atoms with Gasteiger partial charge in [-0.25, -0.2) is 4.98 Å². The number of aromatic nitrogens is 1. The lowest BCUT2D eigenvalue weighted by molar-refractivity contribution is -0.120. The molecule has 0 radical (unpaired) electrons. The van der Waals surface area contributed by atoms with Crippen LogP contribution >= 0.6 is 11.3 Å². The summed E-state index contributed by atoms with van der Waals surface area (Å²) in [6.45, 7) is 2.41. The summed E-state index contributed by atoms with van der Waals surface area (Å²) in [7, 11) is 0. The summed E-state index contributed by atoms with van der Waals surface area (Å²) < 4.78 is 37.8. The lowest BCUT2D eigenvalue weighted by Crippen LogP contribution is -2.39. The third-order valence-electron chi connectivity index (χ3n) is 3.13. The van der Waals surface area contributed by atoms with Crippen LogP contribution in [0.5, 0.6) is 0 Å². The Kier molecular flexibility index (Phi) is 4.06. The molecule has 3 nitrogen and oxygen atoms in total. The van der Waals surface area contributed by atoms with Crippen LogP contribution in [-0.4, -0.2) is 28.9 Å². The highest BCUT2D eigenvalue weighted by Gasteiger charge is 2.34. The molecule has 0 saturated heterocycles. The Morgan fingerprint density at radius 3 is 2.68 bits per heavy atom. The fourth-order valence-corrected chi connectivity index (χ4v) is 3.46. The number of hydrogen-bond acceptors (Lipinski definition) is 4. The molecule has 1 aliphatic rings. The smallest absolute Gasteiger partial charge is 0.387 e. The van der Waals surface area contributed by atoms with Crippen molar-refractivity contribution in [1.82, 2.24) is 4.98 Å². The fourth-order valence-electron chi connectivity index (χ4n) is 2.17. The minimum absolute atomic E-state index is 0.286. The molecule has 1 aliphatic carbocycles. The highest BCUT2D eigenvalue weighted by Crippen LogP contribution is 2.37. The van der Waals surface area contributed by atoms with E-state index >= 15 is 0 Å². The molecule has 1 unspecified atom stereocenters. The molecule has 0 fully saturated rings. The second-order valence-electron chi connectivity index (χ2n) is 5.05. The number of hydrogen-bond donors (Lipinski definition) is 1. The van der Waals surface area contributed by atoms with Gasteiger partial charge in [-0.15, -0.1) is 11.3 Å². The van der Waals surface area contributed by atoms with Crippen LogP contribution in [0.3, 0.4) is 0 Å². The average molecular weight is 294 g/mol. The van der Waals surface area contributed by atoms with Crippen LogP contribution in [-0.2, 0) is 6.42 Å². The number of aliphatic hydroxyl groups is 1. The monoisotopic (exact) mass is 294 g/mol. The number of thiazole rings is 1. The van der Waals surface area contributed by atoms with Crippen molar-refractivity contribution in [2.45, 2.75) is 51.4 Å². The van der Waals surface area contributed by atoms with E-state index in [0.717, 1.165) is 17.7 Å². The van der Waals surface area contributed by atoms with Crippen LogP contribution in [0.15, 0.2) is 0 Å². The van der Waals surface area contributed by atoms with E-state index in [-0.39, 0.29) is 6.04 Å². The number of fused-ring (bicyclic) bond motifs is 1. The Morgan fingerprint density at radius 2 is 2.16 bits per heavy atom. The molecule has 19 heavy (non-hydrogen) atoms. The molecule has 1 atom stereocenters. The first kappa shape index (κ1) is 14.6. The summed E-state index contributed by atoms with van der Waals surface area (Å²) >= 11 is 1.27. The number of aryl methyl sites for hydroxylation is 1. The zero-order chi connectivity index (χ0) is 14.2. The van der Waals surface area contributed by atoms with Gasteiger partial charge in [-0.3, -0.25) is 0 Å². The van der Waals surface area contributed by atoms with Crippen LogP contribution in [0, 0.1) is 0 Å². The Balaban J connectivity index is 2.28. The van der Waals surface area contributed by atoms with Crippen LogP contribution in [0.25, 0.3) is 0 Å². The van der Waals surface area contributed by atoms with Crippen molar-refractivity contribution in [3.63, 3.8) is 0 Å². The first-order valence-corrected chi connectivity index (χ1v) is 7.10. The number of anilines is 1. The lowest BCUT2D eigenvalue weighted by Gasteiger charge is -2.27. The second-order valence-corrected chi connectivity index (χ2v) is 6.11. The van der Waals surface area contributed by atoms with E-state index < -0.39 is 18.8 Å². The molecule has 1 N–H and O–H groups in total. The van der Waals surface area contributed by atoms with E-state index in [4.69, 9.17) is 0 Å². The molecule has 1 aromatic rings. The molecule has 108 valence electrons. The standard InChI is InChI=1S/C12H17F3N2OS/c1-7(2)17(6-12(13,14)15)11-16-10-8(18)4-3-5-9(10)19-11/h7-8,18H,3-6H2,1-2H3. The van der Waals surface area contributed by atoms with E-state index in [1.54, 1.807) is 13.8 Å². The first-order valence-electron chi connectivity index (χ1n) is 6.29. The van der Waals surface area contributed by atoms with Crippen molar-refractivity contribution in [2.75, 3.05) is 11.4 Å². The summed E-state index contributed by atoms with van der Waals surface area (Å²) in [5.41, 5.74) is 0.569. The largest absolute Gasteiger partial charge is 0.406 e. The zero-order valence-electron chi connectivity index (χ0n) is 10.9. The topological polar surface area (TPSA) is 36.4 Å². The molecule has 0 aliphatic heterocycles. The number of halogens is 3. The van der Waals surface area contributed by atoms with Crippen molar-refractivity contribution in [3.8, 4) is 0 Å². The molecular formula is C12H17F3N2OS. The molecular weight excluding hydrogens is 277 g/mol. The molecule has 1 aromatic heterocycles. The maximum absolute atomic E-state index is 12.6. The van der Waals surface area contributed by atoms with Crippen molar-refractivity contribution in [1.29, 1.82) is 0 Å². The predicted octanol–water partition coefficient (Wildman–Crippen LogP) is 3.29. The quantitative estimate of drug-likeness (QED) is 0.929. The average Bonchev–Trinajstić information content (AvgIpc) is 2.69. The van der Waals surface area contributed by atoms with Gasteiger partial charge in [-0.1, -0.05) is 0 Å². The molecule has 0 saturated carbocycles. The maximum Gasteiger partial charge on any atom is 0.406 e. The van der Waals surface area contributed by atoms with Crippen LogP contribution < -0.4 is 4.90 Å². The van der Waals surface area contributed by atoms with Gasteiger partial charge in [0.2, 0.25) is 0 Å². The Morgan fingerprint density at radius 1 is 1.47 bits per heavy atom. The van der Waals surface area contributed by atoms with Gasteiger partial charge in [-0.05, 0) is 33.1 Å². The summed E-state index contributed by atoms with van der Waals surface area (Å²) in [4.78, 5) is 6.40. The molecule has 0 bridgehead atoms. The minimum Gasteiger partial charge on any atom is -0.387 e. The van der Waals surface area contributed by atoms with Gasteiger partial charge in [-0.2, -0.15) is 13.2 Å². The Hall–Kier alpha value is -0.820. The highest BCUT2D eigenvalue weighted by molar-refractivity contribution is 7.15. The Labute approximate surface area is 114 Å².